The molecule has 0 saturated heterocycles. The normalized spacial score (nSPS) is 11.4. The first-order chi connectivity index (χ1) is 16.1. The minimum Gasteiger partial charge on any atom is -0.508 e. The van der Waals surface area contributed by atoms with Gasteiger partial charge in [-0.25, -0.2) is 14.8 Å². The van der Waals surface area contributed by atoms with E-state index in [9.17, 15) is 9.90 Å². The molecule has 0 aliphatic carbocycles. The van der Waals surface area contributed by atoms with E-state index in [2.05, 4.69) is 18.2 Å². The van der Waals surface area contributed by atoms with Crippen molar-refractivity contribution in [2.75, 3.05) is 0 Å². The van der Waals surface area contributed by atoms with Gasteiger partial charge in [-0.05, 0) is 66.2 Å². The summed E-state index contributed by atoms with van der Waals surface area (Å²) in [6, 6.07) is 25.7. The molecule has 0 amide bonds. The van der Waals surface area contributed by atoms with E-state index < -0.39 is 5.97 Å². The SMILES string of the molecule is Cc1ccc2c3ccc(OC(=O)c4ccccc4)cc3c3nc4cc(O)ccc4nc3c2c1. The third-order valence-electron chi connectivity index (χ3n) is 5.83. The van der Waals surface area contributed by atoms with E-state index in [4.69, 9.17) is 14.7 Å². The average molecular weight is 430 g/mol. The molecule has 0 aliphatic rings. The van der Waals surface area contributed by atoms with Gasteiger partial charge in [0.1, 0.15) is 11.5 Å². The van der Waals surface area contributed by atoms with E-state index in [-0.39, 0.29) is 5.75 Å². The number of carbonyl (C=O) groups is 1. The lowest BCUT2D eigenvalue weighted by molar-refractivity contribution is 0.0735. The molecular formula is C28H18N2O3. The van der Waals surface area contributed by atoms with Gasteiger partial charge in [0.2, 0.25) is 0 Å². The van der Waals surface area contributed by atoms with Crippen LogP contribution in [0.2, 0.25) is 0 Å². The Labute approximate surface area is 188 Å². The van der Waals surface area contributed by atoms with E-state index in [0.717, 1.165) is 32.6 Å². The lowest BCUT2D eigenvalue weighted by Gasteiger charge is -2.12. The van der Waals surface area contributed by atoms with Crippen LogP contribution in [0.15, 0.2) is 84.9 Å². The van der Waals surface area contributed by atoms with Crippen LogP contribution in [0.1, 0.15) is 15.9 Å². The molecule has 0 atom stereocenters. The van der Waals surface area contributed by atoms with Gasteiger partial charge >= 0.3 is 5.97 Å². The molecule has 0 bridgehead atoms. The molecule has 5 aromatic carbocycles. The van der Waals surface area contributed by atoms with Crippen molar-refractivity contribution in [1.82, 2.24) is 9.97 Å². The van der Waals surface area contributed by atoms with Gasteiger partial charge in [0.15, 0.2) is 0 Å². The van der Waals surface area contributed by atoms with Crippen molar-refractivity contribution in [3.63, 3.8) is 0 Å². The average Bonchev–Trinajstić information content (AvgIpc) is 2.83. The molecule has 5 heteroatoms. The monoisotopic (exact) mass is 430 g/mol. The molecule has 0 saturated carbocycles. The fraction of sp³-hybridized carbons (Fsp3) is 0.0357. The molecule has 33 heavy (non-hydrogen) atoms. The highest BCUT2D eigenvalue weighted by molar-refractivity contribution is 6.24. The number of rotatable bonds is 2. The number of phenols is 1. The molecule has 6 aromatic rings. The van der Waals surface area contributed by atoms with Crippen molar-refractivity contribution < 1.29 is 14.6 Å². The van der Waals surface area contributed by atoms with Gasteiger partial charge in [-0.2, -0.15) is 0 Å². The summed E-state index contributed by atoms with van der Waals surface area (Å²) in [5, 5.41) is 13.8. The second-order valence-electron chi connectivity index (χ2n) is 8.11. The summed E-state index contributed by atoms with van der Waals surface area (Å²) in [6.07, 6.45) is 0. The van der Waals surface area contributed by atoms with Crippen LogP contribution in [0.25, 0.3) is 43.6 Å². The highest BCUT2D eigenvalue weighted by atomic mass is 16.5. The van der Waals surface area contributed by atoms with Crippen LogP contribution in [0.4, 0.5) is 0 Å². The molecule has 1 heterocycles. The number of esters is 1. The van der Waals surface area contributed by atoms with E-state index in [1.54, 1.807) is 48.5 Å². The lowest BCUT2D eigenvalue weighted by Crippen LogP contribution is -2.08. The summed E-state index contributed by atoms with van der Waals surface area (Å²) in [5.74, 6) is 0.147. The Balaban J connectivity index is 1.64. The van der Waals surface area contributed by atoms with Gasteiger partial charge in [0, 0.05) is 16.8 Å². The van der Waals surface area contributed by atoms with Crippen LogP contribution in [-0.4, -0.2) is 21.0 Å². The van der Waals surface area contributed by atoms with Gasteiger partial charge < -0.3 is 9.84 Å². The number of benzene rings is 5. The van der Waals surface area contributed by atoms with Crippen LogP contribution in [0.5, 0.6) is 11.5 Å². The fourth-order valence-corrected chi connectivity index (χ4v) is 4.27. The lowest BCUT2D eigenvalue weighted by atomic mass is 9.97. The summed E-state index contributed by atoms with van der Waals surface area (Å²) in [5.41, 5.74) is 4.38. The number of aromatic nitrogens is 2. The van der Waals surface area contributed by atoms with Gasteiger partial charge in [0.25, 0.3) is 0 Å². The molecule has 1 N–H and O–H groups in total. The van der Waals surface area contributed by atoms with Crippen LogP contribution in [0, 0.1) is 6.92 Å². The summed E-state index contributed by atoms with van der Waals surface area (Å²) >= 11 is 0. The molecule has 0 spiro atoms. The van der Waals surface area contributed by atoms with E-state index in [1.807, 2.05) is 25.1 Å². The first-order valence-electron chi connectivity index (χ1n) is 10.6. The van der Waals surface area contributed by atoms with Gasteiger partial charge in [-0.1, -0.05) is 35.9 Å². The summed E-state index contributed by atoms with van der Waals surface area (Å²) in [4.78, 5) is 22.4. The number of hydrogen-bond donors (Lipinski definition) is 1. The predicted molar refractivity (Wildman–Crippen MR) is 130 cm³/mol. The molecule has 0 radical (unpaired) electrons. The third kappa shape index (κ3) is 3.22. The van der Waals surface area contributed by atoms with Crippen molar-refractivity contribution in [2.24, 2.45) is 0 Å². The molecule has 0 aliphatic heterocycles. The maximum atomic E-state index is 12.6. The minimum absolute atomic E-state index is 0.134. The number of nitrogens with zero attached hydrogens (tertiary/aromatic N) is 2. The highest BCUT2D eigenvalue weighted by Crippen LogP contribution is 2.36. The van der Waals surface area contributed by atoms with Crippen molar-refractivity contribution in [3.05, 3.63) is 96.1 Å². The quantitative estimate of drug-likeness (QED) is 0.151. The van der Waals surface area contributed by atoms with Gasteiger partial charge in [0.05, 0.1) is 27.6 Å². The van der Waals surface area contributed by atoms with Crippen molar-refractivity contribution >= 4 is 49.6 Å². The summed E-state index contributed by atoms with van der Waals surface area (Å²) in [7, 11) is 0. The standard InChI is InChI=1S/C28H18N2O3/c1-16-7-10-20-21-11-9-19(33-28(32)17-5-3-2-4-6-17)15-23(21)27-26(22(20)13-16)29-24-12-8-18(31)14-25(24)30-27/h2-15,31H,1H3. The van der Waals surface area contributed by atoms with Gasteiger partial charge in [-0.3, -0.25) is 0 Å². The van der Waals surface area contributed by atoms with Crippen molar-refractivity contribution in [3.8, 4) is 11.5 Å². The Morgan fingerprint density at radius 2 is 1.42 bits per heavy atom. The number of hydrogen-bond acceptors (Lipinski definition) is 5. The Morgan fingerprint density at radius 3 is 2.21 bits per heavy atom. The first-order valence-corrected chi connectivity index (χ1v) is 10.6. The first kappa shape index (κ1) is 19.2. The van der Waals surface area contributed by atoms with Crippen LogP contribution in [-0.2, 0) is 0 Å². The maximum Gasteiger partial charge on any atom is 0.343 e. The zero-order chi connectivity index (χ0) is 22.5. The molecule has 158 valence electrons. The zero-order valence-corrected chi connectivity index (χ0v) is 17.7. The van der Waals surface area contributed by atoms with Crippen molar-refractivity contribution in [2.45, 2.75) is 6.92 Å². The third-order valence-corrected chi connectivity index (χ3v) is 5.83. The second-order valence-corrected chi connectivity index (χ2v) is 8.11. The van der Waals surface area contributed by atoms with Crippen LogP contribution < -0.4 is 4.74 Å². The molecule has 1 aromatic heterocycles. The Bertz CT molecular complexity index is 1730. The number of phenolic OH excluding ortho intramolecular Hbond substituents is 1. The Hall–Kier alpha value is -4.51. The highest BCUT2D eigenvalue weighted by Gasteiger charge is 2.15. The molecule has 0 unspecified atom stereocenters. The summed E-state index contributed by atoms with van der Waals surface area (Å²) in [6.45, 7) is 2.05. The fourth-order valence-electron chi connectivity index (χ4n) is 4.27. The van der Waals surface area contributed by atoms with E-state index >= 15 is 0 Å². The van der Waals surface area contributed by atoms with Crippen LogP contribution >= 0.6 is 0 Å². The van der Waals surface area contributed by atoms with Gasteiger partial charge in [-0.15, -0.1) is 0 Å². The molecular weight excluding hydrogens is 412 g/mol. The summed E-state index contributed by atoms with van der Waals surface area (Å²) < 4.78 is 5.67. The number of carbonyl (C=O) groups excluding carboxylic acids is 1. The van der Waals surface area contributed by atoms with E-state index in [0.29, 0.717) is 27.9 Å². The number of aryl methyl sites for hydroxylation is 1. The minimum atomic E-state index is -0.419. The zero-order valence-electron chi connectivity index (χ0n) is 17.7. The largest absolute Gasteiger partial charge is 0.508 e. The Kier molecular flexibility index (Phi) is 4.23. The van der Waals surface area contributed by atoms with Crippen LogP contribution in [0.3, 0.4) is 0 Å². The maximum absolute atomic E-state index is 12.6. The number of ether oxygens (including phenoxy) is 1. The molecule has 5 nitrogen and oxygen atoms in total. The molecule has 6 rings (SSSR count). The van der Waals surface area contributed by atoms with Crippen molar-refractivity contribution in [1.29, 1.82) is 0 Å². The topological polar surface area (TPSA) is 72.3 Å². The molecule has 0 fully saturated rings. The number of fused-ring (bicyclic) bond motifs is 7. The number of aromatic hydroxyl groups is 1. The smallest absolute Gasteiger partial charge is 0.343 e. The van der Waals surface area contributed by atoms with E-state index in [1.165, 1.54) is 0 Å². The Morgan fingerprint density at radius 1 is 0.727 bits per heavy atom. The predicted octanol–water partition coefficient (Wildman–Crippen LogP) is 6.32. The second kappa shape index (κ2) is 7.28.